The average Bonchev–Trinajstić information content (AvgIpc) is 2.49. The first-order valence-corrected chi connectivity index (χ1v) is 7.36. The lowest BCUT2D eigenvalue weighted by molar-refractivity contribution is 0.102. The normalized spacial score (nSPS) is 10.4. The number of hydrogen-bond acceptors (Lipinski definition) is 4. The number of carbonyl (C=O) groups is 1. The number of ether oxygens (including phenoxy) is 1. The van der Waals surface area contributed by atoms with Crippen LogP contribution in [0.1, 0.15) is 31.1 Å². The summed E-state index contributed by atoms with van der Waals surface area (Å²) in [6.07, 6.45) is 1.67. The van der Waals surface area contributed by atoms with E-state index in [0.29, 0.717) is 23.7 Å². The molecule has 2 N–H and O–H groups in total. The molecular formula is C17H21N3O2. The Morgan fingerprint density at radius 2 is 1.95 bits per heavy atom. The second kappa shape index (κ2) is 7.45. The molecule has 0 aliphatic heterocycles. The van der Waals surface area contributed by atoms with Crippen LogP contribution >= 0.6 is 0 Å². The molecule has 1 aromatic heterocycles. The molecule has 1 amide bonds. The number of anilines is 2. The highest BCUT2D eigenvalue weighted by atomic mass is 16.5. The molecule has 2 rings (SSSR count). The topological polar surface area (TPSA) is 63.2 Å². The molecule has 22 heavy (non-hydrogen) atoms. The maximum Gasteiger partial charge on any atom is 0.259 e. The Labute approximate surface area is 130 Å². The first-order valence-electron chi connectivity index (χ1n) is 7.36. The first-order chi connectivity index (χ1) is 10.6. The molecule has 0 saturated carbocycles. The zero-order chi connectivity index (χ0) is 15.9. The minimum absolute atomic E-state index is 0.194. The predicted molar refractivity (Wildman–Crippen MR) is 88.6 cm³/mol. The van der Waals surface area contributed by atoms with E-state index in [4.69, 9.17) is 4.74 Å². The molecular weight excluding hydrogens is 278 g/mol. The van der Waals surface area contributed by atoms with Crippen molar-refractivity contribution < 1.29 is 9.53 Å². The van der Waals surface area contributed by atoms with Crippen LogP contribution in [0.4, 0.5) is 11.5 Å². The van der Waals surface area contributed by atoms with Gasteiger partial charge in [0.1, 0.15) is 11.6 Å². The molecule has 5 nitrogen and oxygen atoms in total. The third-order valence-corrected chi connectivity index (χ3v) is 2.90. The standard InChI is InChI=1S/C17H21N3O2/c1-4-22-14-9-7-13(8-10-14)20-17(21)15-6-5-11-18-16(15)19-12(2)3/h5-12H,4H2,1-3H3,(H,18,19)(H,20,21). The lowest BCUT2D eigenvalue weighted by Crippen LogP contribution is -2.18. The van der Waals surface area contributed by atoms with Crippen molar-refractivity contribution in [2.24, 2.45) is 0 Å². The SMILES string of the molecule is CCOc1ccc(NC(=O)c2cccnc2NC(C)C)cc1. The molecule has 5 heteroatoms. The molecule has 0 fully saturated rings. The molecule has 0 aliphatic carbocycles. The number of nitrogens with one attached hydrogen (secondary N) is 2. The second-order valence-corrected chi connectivity index (χ2v) is 5.11. The summed E-state index contributed by atoms with van der Waals surface area (Å²) in [5.41, 5.74) is 1.23. The van der Waals surface area contributed by atoms with E-state index >= 15 is 0 Å². The lowest BCUT2D eigenvalue weighted by atomic mass is 10.2. The Morgan fingerprint density at radius 3 is 2.59 bits per heavy atom. The fourth-order valence-corrected chi connectivity index (χ4v) is 1.98. The number of nitrogens with zero attached hydrogens (tertiary/aromatic N) is 1. The fraction of sp³-hybridized carbons (Fsp3) is 0.294. The van der Waals surface area contributed by atoms with Crippen LogP contribution in [0.2, 0.25) is 0 Å². The summed E-state index contributed by atoms with van der Waals surface area (Å²) in [5, 5.41) is 6.04. The van der Waals surface area contributed by atoms with E-state index < -0.39 is 0 Å². The van der Waals surface area contributed by atoms with E-state index in [1.165, 1.54) is 0 Å². The van der Waals surface area contributed by atoms with Gasteiger partial charge in [0.15, 0.2) is 0 Å². The largest absolute Gasteiger partial charge is 0.494 e. The van der Waals surface area contributed by atoms with Crippen LogP contribution in [0.15, 0.2) is 42.6 Å². The third kappa shape index (κ3) is 4.22. The van der Waals surface area contributed by atoms with Crippen molar-refractivity contribution in [2.45, 2.75) is 26.8 Å². The van der Waals surface area contributed by atoms with Gasteiger partial charge < -0.3 is 15.4 Å². The Kier molecular flexibility index (Phi) is 5.36. The number of carbonyl (C=O) groups excluding carboxylic acids is 1. The number of benzene rings is 1. The highest BCUT2D eigenvalue weighted by molar-refractivity contribution is 6.07. The van der Waals surface area contributed by atoms with Crippen LogP contribution in [-0.4, -0.2) is 23.5 Å². The van der Waals surface area contributed by atoms with Crippen molar-refractivity contribution in [1.82, 2.24) is 4.98 Å². The van der Waals surface area contributed by atoms with Crippen molar-refractivity contribution in [3.63, 3.8) is 0 Å². The molecule has 116 valence electrons. The summed E-state index contributed by atoms with van der Waals surface area (Å²) in [6.45, 7) is 6.55. The van der Waals surface area contributed by atoms with E-state index in [0.717, 1.165) is 5.75 Å². The van der Waals surface area contributed by atoms with Crippen molar-refractivity contribution >= 4 is 17.4 Å². The molecule has 1 aromatic carbocycles. The quantitative estimate of drug-likeness (QED) is 0.856. The van der Waals surface area contributed by atoms with Gasteiger partial charge in [-0.1, -0.05) is 0 Å². The highest BCUT2D eigenvalue weighted by Gasteiger charge is 2.13. The number of pyridine rings is 1. The van der Waals surface area contributed by atoms with Gasteiger partial charge in [-0.2, -0.15) is 0 Å². The van der Waals surface area contributed by atoms with E-state index in [1.54, 1.807) is 18.3 Å². The van der Waals surface area contributed by atoms with Gasteiger partial charge in [0.05, 0.1) is 12.2 Å². The minimum Gasteiger partial charge on any atom is -0.494 e. The molecule has 0 saturated heterocycles. The number of rotatable bonds is 6. The monoisotopic (exact) mass is 299 g/mol. The summed E-state index contributed by atoms with van der Waals surface area (Å²) >= 11 is 0. The Morgan fingerprint density at radius 1 is 1.23 bits per heavy atom. The first kappa shape index (κ1) is 15.8. The van der Waals surface area contributed by atoms with Gasteiger partial charge in [-0.25, -0.2) is 4.98 Å². The Balaban J connectivity index is 2.12. The molecule has 0 bridgehead atoms. The molecule has 0 spiro atoms. The van der Waals surface area contributed by atoms with E-state index in [2.05, 4.69) is 15.6 Å². The molecule has 0 radical (unpaired) electrons. The van der Waals surface area contributed by atoms with Gasteiger partial charge >= 0.3 is 0 Å². The van der Waals surface area contributed by atoms with Gasteiger partial charge in [0, 0.05) is 17.9 Å². The van der Waals surface area contributed by atoms with Crippen LogP contribution in [-0.2, 0) is 0 Å². The predicted octanol–water partition coefficient (Wildman–Crippen LogP) is 3.55. The van der Waals surface area contributed by atoms with Crippen molar-refractivity contribution in [3.05, 3.63) is 48.2 Å². The summed E-state index contributed by atoms with van der Waals surface area (Å²) in [7, 11) is 0. The number of amides is 1. The molecule has 2 aromatic rings. The maximum atomic E-state index is 12.4. The van der Waals surface area contributed by atoms with Crippen LogP contribution in [0.25, 0.3) is 0 Å². The third-order valence-electron chi connectivity index (χ3n) is 2.90. The Hall–Kier alpha value is -2.56. The summed E-state index contributed by atoms with van der Waals surface area (Å²) in [5.74, 6) is 1.17. The zero-order valence-corrected chi connectivity index (χ0v) is 13.1. The van der Waals surface area contributed by atoms with E-state index in [1.807, 2.05) is 45.0 Å². The molecule has 0 aliphatic rings. The van der Waals surface area contributed by atoms with Gasteiger partial charge in [-0.05, 0) is 57.2 Å². The maximum absolute atomic E-state index is 12.4. The van der Waals surface area contributed by atoms with Crippen molar-refractivity contribution in [3.8, 4) is 5.75 Å². The fourth-order valence-electron chi connectivity index (χ4n) is 1.98. The second-order valence-electron chi connectivity index (χ2n) is 5.11. The van der Waals surface area contributed by atoms with Crippen molar-refractivity contribution in [2.75, 3.05) is 17.2 Å². The van der Waals surface area contributed by atoms with Crippen LogP contribution in [0.5, 0.6) is 5.75 Å². The van der Waals surface area contributed by atoms with E-state index in [9.17, 15) is 4.79 Å². The smallest absolute Gasteiger partial charge is 0.259 e. The van der Waals surface area contributed by atoms with Crippen LogP contribution in [0.3, 0.4) is 0 Å². The average molecular weight is 299 g/mol. The summed E-state index contributed by atoms with van der Waals surface area (Å²) in [4.78, 5) is 16.6. The lowest BCUT2D eigenvalue weighted by Gasteiger charge is -2.13. The highest BCUT2D eigenvalue weighted by Crippen LogP contribution is 2.18. The molecule has 0 unspecified atom stereocenters. The van der Waals surface area contributed by atoms with Gasteiger partial charge in [0.25, 0.3) is 5.91 Å². The minimum atomic E-state index is -0.194. The summed E-state index contributed by atoms with van der Waals surface area (Å²) in [6, 6.07) is 11.0. The van der Waals surface area contributed by atoms with Crippen LogP contribution in [0, 0.1) is 0 Å². The number of hydrogen-bond donors (Lipinski definition) is 2. The van der Waals surface area contributed by atoms with Crippen LogP contribution < -0.4 is 15.4 Å². The molecule has 0 atom stereocenters. The van der Waals surface area contributed by atoms with Gasteiger partial charge in [-0.15, -0.1) is 0 Å². The van der Waals surface area contributed by atoms with E-state index in [-0.39, 0.29) is 11.9 Å². The zero-order valence-electron chi connectivity index (χ0n) is 13.1. The molecule has 1 heterocycles. The Bertz CT molecular complexity index is 624. The summed E-state index contributed by atoms with van der Waals surface area (Å²) < 4.78 is 5.38. The van der Waals surface area contributed by atoms with Gasteiger partial charge in [0.2, 0.25) is 0 Å². The van der Waals surface area contributed by atoms with Crippen molar-refractivity contribution in [1.29, 1.82) is 0 Å². The number of aromatic nitrogens is 1. The van der Waals surface area contributed by atoms with Gasteiger partial charge in [-0.3, -0.25) is 4.79 Å².